The predicted molar refractivity (Wildman–Crippen MR) is 77.7 cm³/mol. The molecule has 0 amide bonds. The number of aryl methyl sites for hydroxylation is 1. The molecule has 2 aromatic heterocycles. The molecule has 0 spiro atoms. The molecule has 0 unspecified atom stereocenters. The molecule has 0 fully saturated rings. The van der Waals surface area contributed by atoms with E-state index < -0.39 is 11.5 Å². The van der Waals surface area contributed by atoms with Crippen molar-refractivity contribution >= 4 is 29.2 Å². The third kappa shape index (κ3) is 3.40. The van der Waals surface area contributed by atoms with Crippen LogP contribution in [0.1, 0.15) is 27.3 Å². The highest BCUT2D eigenvalue weighted by molar-refractivity contribution is 6.32. The Morgan fingerprint density at radius 2 is 2.05 bits per heavy atom. The molecule has 1 N–H and O–H groups in total. The van der Waals surface area contributed by atoms with Gasteiger partial charge in [0.2, 0.25) is 0 Å². The lowest BCUT2D eigenvalue weighted by Gasteiger charge is -2.08. The molecule has 0 bridgehead atoms. The third-order valence-electron chi connectivity index (χ3n) is 2.90. The minimum atomic E-state index is -0.767. The van der Waals surface area contributed by atoms with Crippen LogP contribution >= 0.6 is 23.2 Å². The van der Waals surface area contributed by atoms with E-state index in [1.54, 1.807) is 19.9 Å². The van der Waals surface area contributed by atoms with Crippen molar-refractivity contribution in [3.05, 3.63) is 55.2 Å². The zero-order valence-electron chi connectivity index (χ0n) is 11.2. The molecule has 2 rings (SSSR count). The topological polar surface area (TPSA) is 84.9 Å². The summed E-state index contributed by atoms with van der Waals surface area (Å²) in [5.74, 6) is -0.767. The number of hydrogen-bond acceptors (Lipinski definition) is 5. The zero-order chi connectivity index (χ0) is 15.6. The molecule has 0 radical (unpaired) electrons. The summed E-state index contributed by atoms with van der Waals surface area (Å²) in [6.07, 6.45) is 0. The summed E-state index contributed by atoms with van der Waals surface area (Å²) in [6, 6.07) is 3.07. The molecule has 0 aliphatic carbocycles. The van der Waals surface area contributed by atoms with Crippen molar-refractivity contribution in [2.24, 2.45) is 0 Å². The van der Waals surface area contributed by atoms with E-state index in [4.69, 9.17) is 27.9 Å². The lowest BCUT2D eigenvalue weighted by atomic mass is 10.1. The van der Waals surface area contributed by atoms with Gasteiger partial charge in [0.05, 0.1) is 16.4 Å². The molecule has 2 heterocycles. The maximum Gasteiger partial charge on any atom is 0.344 e. The Bertz CT molecular complexity index is 759. The van der Waals surface area contributed by atoms with E-state index in [1.807, 2.05) is 0 Å². The van der Waals surface area contributed by atoms with Crippen molar-refractivity contribution in [2.45, 2.75) is 20.5 Å². The van der Waals surface area contributed by atoms with Crippen LogP contribution in [0.3, 0.4) is 0 Å². The number of hydrogen-bond donors (Lipinski definition) is 1. The van der Waals surface area contributed by atoms with Gasteiger partial charge in [0.15, 0.2) is 0 Å². The van der Waals surface area contributed by atoms with Gasteiger partial charge in [0.1, 0.15) is 17.3 Å². The molecule has 8 heteroatoms. The van der Waals surface area contributed by atoms with E-state index in [9.17, 15) is 9.59 Å². The number of rotatable bonds is 3. The molecule has 110 valence electrons. The standard InChI is InChI=1S/C13H11Cl2N3O3/c1-6-7(2)17-18-12(19)11(6)13(20)21-5-9-8(14)3-4-10(15)16-9/h3-4H,5H2,1-2H3,(H,18,19). The largest absolute Gasteiger partial charge is 0.455 e. The van der Waals surface area contributed by atoms with Crippen molar-refractivity contribution < 1.29 is 9.53 Å². The number of aromatic nitrogens is 3. The van der Waals surface area contributed by atoms with Gasteiger partial charge < -0.3 is 4.74 Å². The number of H-pyrrole nitrogens is 1. The minimum Gasteiger partial charge on any atom is -0.455 e. The van der Waals surface area contributed by atoms with E-state index in [0.29, 0.717) is 22.0 Å². The minimum absolute atomic E-state index is 0.0827. The van der Waals surface area contributed by atoms with Gasteiger partial charge in [0, 0.05) is 0 Å². The number of halogens is 2. The molecule has 0 saturated heterocycles. The molecule has 0 aliphatic rings. The Hall–Kier alpha value is -1.92. The lowest BCUT2D eigenvalue weighted by molar-refractivity contribution is 0.0464. The number of ether oxygens (including phenoxy) is 1. The normalized spacial score (nSPS) is 10.5. The highest BCUT2D eigenvalue weighted by Crippen LogP contribution is 2.18. The fraction of sp³-hybridized carbons (Fsp3) is 0.231. The van der Waals surface area contributed by atoms with Crippen LogP contribution < -0.4 is 5.56 Å². The van der Waals surface area contributed by atoms with Crippen molar-refractivity contribution in [1.29, 1.82) is 0 Å². The number of pyridine rings is 1. The average Bonchev–Trinajstić information content (AvgIpc) is 2.44. The fourth-order valence-electron chi connectivity index (χ4n) is 1.64. The number of carbonyl (C=O) groups excluding carboxylic acids is 1. The van der Waals surface area contributed by atoms with Gasteiger partial charge in [-0.3, -0.25) is 4.79 Å². The van der Waals surface area contributed by atoms with Crippen LogP contribution in [-0.2, 0) is 11.3 Å². The summed E-state index contributed by atoms with van der Waals surface area (Å²) in [7, 11) is 0. The second-order valence-electron chi connectivity index (χ2n) is 4.28. The fourth-order valence-corrected chi connectivity index (χ4v) is 1.96. The van der Waals surface area contributed by atoms with Crippen LogP contribution in [0.2, 0.25) is 10.2 Å². The van der Waals surface area contributed by atoms with E-state index >= 15 is 0 Å². The van der Waals surface area contributed by atoms with Gasteiger partial charge in [-0.15, -0.1) is 0 Å². The maximum absolute atomic E-state index is 12.0. The molecule has 0 atom stereocenters. The zero-order valence-corrected chi connectivity index (χ0v) is 12.7. The monoisotopic (exact) mass is 327 g/mol. The van der Waals surface area contributed by atoms with Crippen LogP contribution in [-0.4, -0.2) is 21.2 Å². The number of esters is 1. The quantitative estimate of drug-likeness (QED) is 0.691. The molecule has 6 nitrogen and oxygen atoms in total. The number of nitrogens with one attached hydrogen (secondary N) is 1. The Kier molecular flexibility index (Phi) is 4.59. The van der Waals surface area contributed by atoms with Crippen LogP contribution in [0, 0.1) is 13.8 Å². The summed E-state index contributed by atoms with van der Waals surface area (Å²) in [5, 5.41) is 6.57. The Labute approximate surface area is 130 Å². The Morgan fingerprint density at radius 1 is 1.33 bits per heavy atom. The van der Waals surface area contributed by atoms with Crippen molar-refractivity contribution in [1.82, 2.24) is 15.2 Å². The van der Waals surface area contributed by atoms with E-state index in [-0.39, 0.29) is 17.3 Å². The van der Waals surface area contributed by atoms with Crippen LogP contribution in [0.4, 0.5) is 0 Å². The van der Waals surface area contributed by atoms with Gasteiger partial charge in [0.25, 0.3) is 5.56 Å². The van der Waals surface area contributed by atoms with Gasteiger partial charge in [-0.05, 0) is 31.5 Å². The van der Waals surface area contributed by atoms with Gasteiger partial charge in [-0.1, -0.05) is 23.2 Å². The smallest absolute Gasteiger partial charge is 0.344 e. The van der Waals surface area contributed by atoms with E-state index in [1.165, 1.54) is 6.07 Å². The average molecular weight is 328 g/mol. The van der Waals surface area contributed by atoms with E-state index in [2.05, 4.69) is 15.2 Å². The summed E-state index contributed by atoms with van der Waals surface area (Å²) in [5.41, 5.74) is 0.639. The van der Waals surface area contributed by atoms with Crippen LogP contribution in [0.5, 0.6) is 0 Å². The second-order valence-corrected chi connectivity index (χ2v) is 5.07. The highest BCUT2D eigenvalue weighted by atomic mass is 35.5. The van der Waals surface area contributed by atoms with Crippen molar-refractivity contribution in [3.63, 3.8) is 0 Å². The molecule has 0 aliphatic heterocycles. The predicted octanol–water partition coefficient (Wildman–Crippen LogP) is 2.45. The molecular formula is C13H11Cl2N3O3. The number of nitrogens with zero attached hydrogens (tertiary/aromatic N) is 2. The second kappa shape index (κ2) is 6.24. The molecule has 21 heavy (non-hydrogen) atoms. The first-order valence-electron chi connectivity index (χ1n) is 5.94. The van der Waals surface area contributed by atoms with Crippen molar-refractivity contribution in [3.8, 4) is 0 Å². The molecule has 2 aromatic rings. The van der Waals surface area contributed by atoms with E-state index in [0.717, 1.165) is 0 Å². The molecular weight excluding hydrogens is 317 g/mol. The Morgan fingerprint density at radius 3 is 2.76 bits per heavy atom. The van der Waals surface area contributed by atoms with Crippen LogP contribution in [0.25, 0.3) is 0 Å². The van der Waals surface area contributed by atoms with Gasteiger partial charge in [-0.2, -0.15) is 5.10 Å². The van der Waals surface area contributed by atoms with Crippen molar-refractivity contribution in [2.75, 3.05) is 0 Å². The number of aromatic amines is 1. The number of carbonyl (C=O) groups is 1. The molecule has 0 saturated carbocycles. The summed E-state index contributed by atoms with van der Waals surface area (Å²) >= 11 is 11.7. The van der Waals surface area contributed by atoms with Gasteiger partial charge in [-0.25, -0.2) is 14.9 Å². The highest BCUT2D eigenvalue weighted by Gasteiger charge is 2.18. The summed E-state index contributed by atoms with van der Waals surface area (Å²) < 4.78 is 5.07. The summed E-state index contributed by atoms with van der Waals surface area (Å²) in [6.45, 7) is 3.12. The van der Waals surface area contributed by atoms with Crippen LogP contribution in [0.15, 0.2) is 16.9 Å². The first-order chi connectivity index (χ1) is 9.90. The Balaban J connectivity index is 2.22. The lowest BCUT2D eigenvalue weighted by Crippen LogP contribution is -2.23. The first kappa shape index (κ1) is 15.5. The maximum atomic E-state index is 12.0. The van der Waals surface area contributed by atoms with Gasteiger partial charge >= 0.3 is 5.97 Å². The third-order valence-corrected chi connectivity index (χ3v) is 3.45. The first-order valence-corrected chi connectivity index (χ1v) is 6.69. The SMILES string of the molecule is Cc1n[nH]c(=O)c(C(=O)OCc2nc(Cl)ccc2Cl)c1C. The molecule has 0 aromatic carbocycles. The summed E-state index contributed by atoms with van der Waals surface area (Å²) in [4.78, 5) is 27.7.